The second kappa shape index (κ2) is 5.86. The number of hydrogen-bond acceptors (Lipinski definition) is 3. The molecule has 1 fully saturated rings. The Kier molecular flexibility index (Phi) is 4.74. The number of carboxylic acids is 1. The molecule has 0 aliphatic carbocycles. The predicted octanol–water partition coefficient (Wildman–Crippen LogP) is 0.480. The summed E-state index contributed by atoms with van der Waals surface area (Å²) in [5, 5.41) is 8.61. The number of nitrogens with zero attached hydrogens (tertiary/aromatic N) is 2. The number of methoxy groups -OCH3 is 1. The van der Waals surface area contributed by atoms with Gasteiger partial charge in [-0.2, -0.15) is 0 Å². The fourth-order valence-electron chi connectivity index (χ4n) is 1.87. The van der Waals surface area contributed by atoms with E-state index in [1.54, 1.807) is 24.0 Å². The van der Waals surface area contributed by atoms with Crippen LogP contribution in [0.3, 0.4) is 0 Å². The number of ether oxygens (including phenoxy) is 1. The summed E-state index contributed by atoms with van der Waals surface area (Å²) in [7, 11) is 3.33. The Hall–Kier alpha value is -1.30. The van der Waals surface area contributed by atoms with Crippen molar-refractivity contribution in [3.8, 4) is 0 Å². The Labute approximate surface area is 101 Å². The Balaban J connectivity index is 2.33. The highest BCUT2D eigenvalue weighted by Gasteiger charge is 2.34. The molecule has 2 amide bonds. The lowest BCUT2D eigenvalue weighted by molar-refractivity contribution is -0.139. The van der Waals surface area contributed by atoms with Gasteiger partial charge in [0, 0.05) is 33.2 Å². The maximum Gasteiger partial charge on any atom is 0.320 e. The van der Waals surface area contributed by atoms with E-state index in [2.05, 4.69) is 0 Å². The van der Waals surface area contributed by atoms with Crippen LogP contribution in [0.1, 0.15) is 13.3 Å². The summed E-state index contributed by atoms with van der Waals surface area (Å²) < 4.78 is 4.99. The molecule has 1 saturated heterocycles. The first-order valence-electron chi connectivity index (χ1n) is 5.68. The lowest BCUT2D eigenvalue weighted by Gasteiger charge is -2.41. The van der Waals surface area contributed by atoms with Gasteiger partial charge in [0.2, 0.25) is 0 Å². The smallest absolute Gasteiger partial charge is 0.320 e. The highest BCUT2D eigenvalue weighted by Crippen LogP contribution is 2.20. The van der Waals surface area contributed by atoms with Crippen molar-refractivity contribution >= 4 is 12.0 Å². The van der Waals surface area contributed by atoms with Crippen LogP contribution in [-0.2, 0) is 9.53 Å². The molecule has 0 aromatic heterocycles. The Morgan fingerprint density at radius 2 is 2.12 bits per heavy atom. The van der Waals surface area contributed by atoms with Crippen molar-refractivity contribution in [2.24, 2.45) is 5.92 Å². The molecule has 0 aromatic rings. The van der Waals surface area contributed by atoms with Crippen LogP contribution in [-0.4, -0.2) is 66.8 Å². The third kappa shape index (κ3) is 3.59. The zero-order valence-corrected chi connectivity index (χ0v) is 10.5. The SMILES string of the molecule is COCC(C)N(C)C(=O)N1CC(CC(=O)O)C1. The average molecular weight is 244 g/mol. The first-order valence-corrected chi connectivity index (χ1v) is 5.68. The van der Waals surface area contributed by atoms with Gasteiger partial charge >= 0.3 is 12.0 Å². The van der Waals surface area contributed by atoms with Gasteiger partial charge in [0.15, 0.2) is 0 Å². The van der Waals surface area contributed by atoms with Crippen molar-refractivity contribution in [2.45, 2.75) is 19.4 Å². The summed E-state index contributed by atoms with van der Waals surface area (Å²) in [5.41, 5.74) is 0. The molecule has 0 spiro atoms. The number of aliphatic carboxylic acids is 1. The molecule has 1 atom stereocenters. The Bertz CT molecular complexity index is 289. The molecule has 1 aliphatic rings. The number of carboxylic acid groups (broad SMARTS) is 1. The lowest BCUT2D eigenvalue weighted by atomic mass is 9.97. The van der Waals surface area contributed by atoms with Crippen molar-refractivity contribution in [3.63, 3.8) is 0 Å². The van der Waals surface area contributed by atoms with Crippen molar-refractivity contribution < 1.29 is 19.4 Å². The zero-order chi connectivity index (χ0) is 13.0. The molecule has 0 aromatic carbocycles. The third-order valence-electron chi connectivity index (χ3n) is 3.06. The number of carbonyl (C=O) groups excluding carboxylic acids is 1. The number of hydrogen-bond donors (Lipinski definition) is 1. The molecule has 0 bridgehead atoms. The van der Waals surface area contributed by atoms with Crippen LogP contribution in [0.25, 0.3) is 0 Å². The first kappa shape index (κ1) is 13.8. The minimum absolute atomic E-state index is 0.0195. The predicted molar refractivity (Wildman–Crippen MR) is 61.8 cm³/mol. The van der Waals surface area contributed by atoms with Crippen molar-refractivity contribution in [3.05, 3.63) is 0 Å². The van der Waals surface area contributed by atoms with Crippen molar-refractivity contribution in [2.75, 3.05) is 33.9 Å². The number of urea groups is 1. The number of likely N-dealkylation sites (tertiary alicyclic amines) is 1. The summed E-state index contributed by atoms with van der Waals surface area (Å²) in [6.07, 6.45) is 0.140. The number of rotatable bonds is 5. The second-order valence-corrected chi connectivity index (χ2v) is 4.57. The summed E-state index contributed by atoms with van der Waals surface area (Å²) in [5.74, 6) is -0.703. The number of amides is 2. The largest absolute Gasteiger partial charge is 0.481 e. The molecule has 1 rings (SSSR count). The van der Waals surface area contributed by atoms with Gasteiger partial charge in [-0.15, -0.1) is 0 Å². The van der Waals surface area contributed by atoms with Gasteiger partial charge in [0.05, 0.1) is 19.1 Å². The van der Waals surface area contributed by atoms with Crippen molar-refractivity contribution in [1.82, 2.24) is 9.80 Å². The fraction of sp³-hybridized carbons (Fsp3) is 0.818. The number of likely N-dealkylation sites (N-methyl/N-ethyl adjacent to an activating group) is 1. The van der Waals surface area contributed by atoms with Crippen LogP contribution in [0, 0.1) is 5.92 Å². The van der Waals surface area contributed by atoms with Gasteiger partial charge in [0.1, 0.15) is 0 Å². The summed E-state index contributed by atoms with van der Waals surface area (Å²) in [4.78, 5) is 25.7. The molecule has 98 valence electrons. The molecule has 0 saturated carbocycles. The van der Waals surface area contributed by atoms with E-state index in [0.29, 0.717) is 19.7 Å². The van der Waals surface area contributed by atoms with E-state index >= 15 is 0 Å². The van der Waals surface area contributed by atoms with Crippen LogP contribution in [0.5, 0.6) is 0 Å². The van der Waals surface area contributed by atoms with Gasteiger partial charge in [-0.25, -0.2) is 4.79 Å². The maximum absolute atomic E-state index is 11.9. The Morgan fingerprint density at radius 3 is 2.59 bits per heavy atom. The van der Waals surface area contributed by atoms with E-state index in [9.17, 15) is 9.59 Å². The summed E-state index contributed by atoms with van der Waals surface area (Å²) in [6, 6.07) is -0.0396. The standard InChI is InChI=1S/C11H20N2O4/c1-8(7-17-3)12(2)11(16)13-5-9(6-13)4-10(14)15/h8-9H,4-7H2,1-3H3,(H,14,15). The highest BCUT2D eigenvalue weighted by molar-refractivity contribution is 5.76. The zero-order valence-electron chi connectivity index (χ0n) is 10.5. The van der Waals surface area contributed by atoms with E-state index in [0.717, 1.165) is 0 Å². The van der Waals surface area contributed by atoms with Gasteiger partial charge in [0.25, 0.3) is 0 Å². The molecular weight excluding hydrogens is 224 g/mol. The van der Waals surface area contributed by atoms with E-state index in [1.165, 1.54) is 0 Å². The van der Waals surface area contributed by atoms with Gasteiger partial charge in [-0.1, -0.05) is 0 Å². The summed E-state index contributed by atoms with van der Waals surface area (Å²) in [6.45, 7) is 3.48. The van der Waals surface area contributed by atoms with Gasteiger partial charge in [-0.3, -0.25) is 4.79 Å². The maximum atomic E-state index is 11.9. The molecule has 1 unspecified atom stereocenters. The van der Waals surface area contributed by atoms with Gasteiger partial charge in [-0.05, 0) is 6.92 Å². The number of carbonyl (C=O) groups is 2. The molecule has 6 heteroatoms. The van der Waals surface area contributed by atoms with Crippen LogP contribution < -0.4 is 0 Å². The average Bonchev–Trinajstić information content (AvgIpc) is 2.20. The molecule has 1 heterocycles. The highest BCUT2D eigenvalue weighted by atomic mass is 16.5. The van der Waals surface area contributed by atoms with Crippen LogP contribution in [0.2, 0.25) is 0 Å². The molecular formula is C11H20N2O4. The topological polar surface area (TPSA) is 70.1 Å². The van der Waals surface area contributed by atoms with E-state index in [4.69, 9.17) is 9.84 Å². The van der Waals surface area contributed by atoms with Gasteiger partial charge < -0.3 is 19.6 Å². The van der Waals surface area contributed by atoms with Crippen molar-refractivity contribution in [1.29, 1.82) is 0 Å². The third-order valence-corrected chi connectivity index (χ3v) is 3.06. The summed E-state index contributed by atoms with van der Waals surface area (Å²) >= 11 is 0. The molecule has 1 N–H and O–H groups in total. The fourth-order valence-corrected chi connectivity index (χ4v) is 1.87. The quantitative estimate of drug-likeness (QED) is 0.763. The monoisotopic (exact) mass is 244 g/mol. The van der Waals surface area contributed by atoms with E-state index in [-0.39, 0.29) is 24.4 Å². The van der Waals surface area contributed by atoms with Crippen LogP contribution >= 0.6 is 0 Å². The molecule has 1 aliphatic heterocycles. The Morgan fingerprint density at radius 1 is 1.53 bits per heavy atom. The molecule has 6 nitrogen and oxygen atoms in total. The van der Waals surface area contributed by atoms with E-state index in [1.807, 2.05) is 6.92 Å². The normalized spacial score (nSPS) is 17.5. The van der Waals surface area contributed by atoms with E-state index < -0.39 is 5.97 Å². The van der Waals surface area contributed by atoms with Crippen LogP contribution in [0.15, 0.2) is 0 Å². The molecule has 0 radical (unpaired) electrons. The minimum Gasteiger partial charge on any atom is -0.481 e. The molecule has 17 heavy (non-hydrogen) atoms. The first-order chi connectivity index (χ1) is 7.95. The minimum atomic E-state index is -0.803. The lowest BCUT2D eigenvalue weighted by Crippen LogP contribution is -2.56. The van der Waals surface area contributed by atoms with Crippen LogP contribution in [0.4, 0.5) is 4.79 Å². The second-order valence-electron chi connectivity index (χ2n) is 4.57.